The number of hydrogen-bond donors (Lipinski definition) is 1. The normalized spacial score (nSPS) is 10.8. The molecule has 0 radical (unpaired) electrons. The van der Waals surface area contributed by atoms with Gasteiger partial charge in [-0.3, -0.25) is 4.79 Å². The first kappa shape index (κ1) is 17.8. The van der Waals surface area contributed by atoms with Crippen molar-refractivity contribution in [3.05, 3.63) is 17.7 Å². The van der Waals surface area contributed by atoms with E-state index in [1.165, 1.54) is 21.3 Å². The van der Waals surface area contributed by atoms with Crippen LogP contribution >= 0.6 is 0 Å². The number of nitrogens with one attached hydrogen (secondary N) is 1. The number of carbonyl (C=O) groups is 1. The molecule has 0 aromatic heterocycles. The van der Waals surface area contributed by atoms with Crippen molar-refractivity contribution in [2.24, 2.45) is 11.0 Å². The minimum absolute atomic E-state index is 0.332. The summed E-state index contributed by atoms with van der Waals surface area (Å²) in [6, 6.07) is 3.17. The van der Waals surface area contributed by atoms with Crippen molar-refractivity contribution in [2.45, 2.75) is 26.7 Å². The molecule has 1 N–H and O–H groups in total. The maximum atomic E-state index is 12.2. The fraction of sp³-hybridized carbons (Fsp3) is 0.500. The molecule has 122 valence electrons. The van der Waals surface area contributed by atoms with Crippen molar-refractivity contribution < 1.29 is 19.0 Å². The molecule has 0 atom stereocenters. The van der Waals surface area contributed by atoms with Crippen LogP contribution in [0.15, 0.2) is 17.2 Å². The first-order chi connectivity index (χ1) is 10.6. The molecule has 0 aliphatic heterocycles. The summed E-state index contributed by atoms with van der Waals surface area (Å²) in [6.07, 6.45) is 3.73. The minimum atomic E-state index is -0.332. The Hall–Kier alpha value is -2.24. The molecule has 6 heteroatoms. The zero-order valence-electron chi connectivity index (χ0n) is 13.8. The van der Waals surface area contributed by atoms with Gasteiger partial charge in [0.05, 0.1) is 21.3 Å². The highest BCUT2D eigenvalue weighted by Gasteiger charge is 2.16. The molecule has 1 aromatic carbocycles. The lowest BCUT2D eigenvalue weighted by Crippen LogP contribution is -2.18. The quantitative estimate of drug-likeness (QED) is 0.592. The van der Waals surface area contributed by atoms with Gasteiger partial charge in [0, 0.05) is 11.8 Å². The monoisotopic (exact) mass is 308 g/mol. The lowest BCUT2D eigenvalue weighted by atomic mass is 10.1. The average molecular weight is 308 g/mol. The largest absolute Gasteiger partial charge is 0.493 e. The van der Waals surface area contributed by atoms with E-state index in [2.05, 4.69) is 24.4 Å². The molecule has 0 unspecified atom stereocenters. The van der Waals surface area contributed by atoms with Gasteiger partial charge >= 0.3 is 0 Å². The molecule has 0 saturated carbocycles. The molecular formula is C16H24N2O4. The summed E-state index contributed by atoms with van der Waals surface area (Å²) in [7, 11) is 4.52. The summed E-state index contributed by atoms with van der Waals surface area (Å²) in [4.78, 5) is 12.2. The molecule has 0 aliphatic carbocycles. The van der Waals surface area contributed by atoms with Crippen molar-refractivity contribution >= 4 is 12.1 Å². The van der Waals surface area contributed by atoms with Gasteiger partial charge in [-0.2, -0.15) is 5.10 Å². The highest BCUT2D eigenvalue weighted by atomic mass is 16.5. The second-order valence-electron chi connectivity index (χ2n) is 4.71. The van der Waals surface area contributed by atoms with Crippen molar-refractivity contribution in [1.82, 2.24) is 5.43 Å². The number of methoxy groups -OCH3 is 3. The lowest BCUT2D eigenvalue weighted by Gasteiger charge is -2.13. The van der Waals surface area contributed by atoms with E-state index >= 15 is 0 Å². The Morgan fingerprint density at radius 2 is 1.68 bits per heavy atom. The molecule has 6 nitrogen and oxygen atoms in total. The van der Waals surface area contributed by atoms with Crippen LogP contribution in [0.25, 0.3) is 0 Å². The van der Waals surface area contributed by atoms with Crippen LogP contribution in [0.4, 0.5) is 0 Å². The zero-order valence-corrected chi connectivity index (χ0v) is 13.8. The van der Waals surface area contributed by atoms with Crippen molar-refractivity contribution in [3.8, 4) is 17.2 Å². The topological polar surface area (TPSA) is 69.2 Å². The molecule has 0 heterocycles. The Balaban J connectivity index is 2.94. The molecule has 0 spiro atoms. The maximum Gasteiger partial charge on any atom is 0.271 e. The third-order valence-electron chi connectivity index (χ3n) is 3.43. The Morgan fingerprint density at radius 3 is 2.09 bits per heavy atom. The molecular weight excluding hydrogens is 284 g/mol. The van der Waals surface area contributed by atoms with E-state index in [1.807, 2.05) is 0 Å². The highest BCUT2D eigenvalue weighted by molar-refractivity contribution is 5.95. The third kappa shape index (κ3) is 4.38. The van der Waals surface area contributed by atoms with E-state index in [-0.39, 0.29) is 5.91 Å². The van der Waals surface area contributed by atoms with Crippen LogP contribution in [-0.2, 0) is 0 Å². The van der Waals surface area contributed by atoms with Gasteiger partial charge in [0.2, 0.25) is 5.75 Å². The van der Waals surface area contributed by atoms with Gasteiger partial charge in [-0.15, -0.1) is 0 Å². The van der Waals surface area contributed by atoms with Crippen molar-refractivity contribution in [1.29, 1.82) is 0 Å². The fourth-order valence-electron chi connectivity index (χ4n) is 1.98. The van der Waals surface area contributed by atoms with E-state index in [0.717, 1.165) is 12.8 Å². The molecule has 0 bridgehead atoms. The van der Waals surface area contributed by atoms with Crippen molar-refractivity contribution in [3.63, 3.8) is 0 Å². The molecule has 1 rings (SSSR count). The van der Waals surface area contributed by atoms with Crippen LogP contribution in [0.3, 0.4) is 0 Å². The Kier molecular flexibility index (Phi) is 7.22. The third-order valence-corrected chi connectivity index (χ3v) is 3.43. The number of ether oxygens (including phenoxy) is 3. The van der Waals surface area contributed by atoms with Crippen LogP contribution < -0.4 is 19.6 Å². The number of nitrogens with zero attached hydrogens (tertiary/aromatic N) is 1. The molecule has 0 fully saturated rings. The number of rotatable bonds is 8. The van der Waals surface area contributed by atoms with Crippen LogP contribution in [0, 0.1) is 5.92 Å². The van der Waals surface area contributed by atoms with Gasteiger partial charge in [-0.1, -0.05) is 13.8 Å². The van der Waals surface area contributed by atoms with Gasteiger partial charge in [0.25, 0.3) is 5.91 Å². The number of carbonyl (C=O) groups excluding carboxylic acids is 1. The summed E-state index contributed by atoms with van der Waals surface area (Å²) in [5.74, 6) is 1.33. The lowest BCUT2D eigenvalue weighted by molar-refractivity contribution is 0.0954. The van der Waals surface area contributed by atoms with Crippen LogP contribution in [0.1, 0.15) is 37.0 Å². The standard InChI is InChI=1S/C16H24N2O4/c1-6-11(7-2)10-17-18-16(19)12-8-13(20-3)15(22-5)14(9-12)21-4/h8-11H,6-7H2,1-5H3,(H,18,19)/b17-10-. The number of benzene rings is 1. The molecule has 1 aromatic rings. The van der Waals surface area contributed by atoms with Gasteiger partial charge in [0.15, 0.2) is 11.5 Å². The first-order valence-corrected chi connectivity index (χ1v) is 7.24. The molecule has 0 saturated heterocycles. The van der Waals surface area contributed by atoms with Gasteiger partial charge in [-0.25, -0.2) is 5.43 Å². The molecule has 0 aliphatic rings. The number of hydrazone groups is 1. The highest BCUT2D eigenvalue weighted by Crippen LogP contribution is 2.38. The summed E-state index contributed by atoms with van der Waals surface area (Å²) in [5.41, 5.74) is 2.90. The van der Waals surface area contributed by atoms with Gasteiger partial charge in [-0.05, 0) is 30.9 Å². The van der Waals surface area contributed by atoms with E-state index in [4.69, 9.17) is 14.2 Å². The van der Waals surface area contributed by atoms with Crippen LogP contribution in [0.2, 0.25) is 0 Å². The van der Waals surface area contributed by atoms with E-state index in [0.29, 0.717) is 28.7 Å². The van der Waals surface area contributed by atoms with Gasteiger partial charge < -0.3 is 14.2 Å². The molecule has 22 heavy (non-hydrogen) atoms. The van der Waals surface area contributed by atoms with Gasteiger partial charge in [0.1, 0.15) is 0 Å². The van der Waals surface area contributed by atoms with E-state index < -0.39 is 0 Å². The van der Waals surface area contributed by atoms with Crippen molar-refractivity contribution in [2.75, 3.05) is 21.3 Å². The molecule has 1 amide bonds. The van der Waals surface area contributed by atoms with Crippen LogP contribution in [0.5, 0.6) is 17.2 Å². The Bertz CT molecular complexity index is 500. The minimum Gasteiger partial charge on any atom is -0.493 e. The summed E-state index contributed by atoms with van der Waals surface area (Å²) in [6.45, 7) is 4.17. The predicted molar refractivity (Wildman–Crippen MR) is 86.1 cm³/mol. The average Bonchev–Trinajstić information content (AvgIpc) is 2.56. The fourth-order valence-corrected chi connectivity index (χ4v) is 1.98. The van der Waals surface area contributed by atoms with E-state index in [9.17, 15) is 4.79 Å². The summed E-state index contributed by atoms with van der Waals surface area (Å²) >= 11 is 0. The van der Waals surface area contributed by atoms with E-state index in [1.54, 1.807) is 18.3 Å². The Morgan fingerprint density at radius 1 is 1.14 bits per heavy atom. The maximum absolute atomic E-state index is 12.2. The number of hydrogen-bond acceptors (Lipinski definition) is 5. The SMILES string of the molecule is CCC(/C=N\NC(=O)c1cc(OC)c(OC)c(OC)c1)CC. The first-order valence-electron chi connectivity index (χ1n) is 7.24. The summed E-state index contributed by atoms with van der Waals surface area (Å²) < 4.78 is 15.7. The summed E-state index contributed by atoms with van der Waals surface area (Å²) in [5, 5.41) is 4.01. The second kappa shape index (κ2) is 8.92. The second-order valence-corrected chi connectivity index (χ2v) is 4.71. The predicted octanol–water partition coefficient (Wildman–Crippen LogP) is 2.86. The van der Waals surface area contributed by atoms with Crippen LogP contribution in [-0.4, -0.2) is 33.5 Å². The smallest absolute Gasteiger partial charge is 0.271 e. The zero-order chi connectivity index (χ0) is 16.5. The Labute approximate surface area is 131 Å². The number of amides is 1.